The molecule has 0 bridgehead atoms. The summed E-state index contributed by atoms with van der Waals surface area (Å²) in [7, 11) is 1.37. The van der Waals surface area contributed by atoms with Crippen LogP contribution in [0, 0.1) is 17.3 Å². The number of carbonyl (C=O) groups is 4. The van der Waals surface area contributed by atoms with E-state index in [-0.39, 0.29) is 37.0 Å². The van der Waals surface area contributed by atoms with Crippen LogP contribution in [0.1, 0.15) is 32.8 Å². The number of halogens is 6. The van der Waals surface area contributed by atoms with Crippen molar-refractivity contribution in [2.75, 3.05) is 30.6 Å². The third kappa shape index (κ3) is 5.40. The summed E-state index contributed by atoms with van der Waals surface area (Å²) in [6.07, 6.45) is -0.838. The van der Waals surface area contributed by atoms with Crippen LogP contribution in [0.2, 0.25) is 20.1 Å². The summed E-state index contributed by atoms with van der Waals surface area (Å²) in [4.78, 5) is 57.1. The molecule has 15 heteroatoms. The first-order chi connectivity index (χ1) is 20.4. The Hall–Kier alpha value is -2.70. The van der Waals surface area contributed by atoms with Crippen LogP contribution in [0.4, 0.5) is 20.2 Å². The lowest BCUT2D eigenvalue weighted by Gasteiger charge is -2.36. The van der Waals surface area contributed by atoms with Gasteiger partial charge in [-0.1, -0.05) is 46.4 Å². The molecule has 236 valence electrons. The van der Waals surface area contributed by atoms with Crippen molar-refractivity contribution in [2.24, 2.45) is 17.3 Å². The number of nitrogens with one attached hydrogen (secondary N) is 1. The molecule has 3 heterocycles. The second kappa shape index (κ2) is 11.3. The fourth-order valence-electron chi connectivity index (χ4n) is 6.30. The van der Waals surface area contributed by atoms with Gasteiger partial charge in [-0.2, -0.15) is 0 Å². The van der Waals surface area contributed by atoms with Crippen LogP contribution in [-0.4, -0.2) is 61.0 Å². The normalized spacial score (nSPS) is 25.4. The van der Waals surface area contributed by atoms with E-state index in [1.807, 2.05) is 0 Å². The van der Waals surface area contributed by atoms with Crippen LogP contribution < -0.4 is 10.2 Å². The first kappa shape index (κ1) is 32.7. The molecule has 0 unspecified atom stereocenters. The predicted molar refractivity (Wildman–Crippen MR) is 160 cm³/mol. The third-order valence-corrected chi connectivity index (χ3v) is 9.10. The molecule has 5 rings (SSSR count). The molecule has 2 aromatic carbocycles. The van der Waals surface area contributed by atoms with E-state index in [2.05, 4.69) is 5.32 Å². The van der Waals surface area contributed by atoms with Crippen molar-refractivity contribution in [3.05, 3.63) is 56.0 Å². The first-order valence-electron chi connectivity index (χ1n) is 13.4. The van der Waals surface area contributed by atoms with Crippen molar-refractivity contribution in [3.63, 3.8) is 0 Å². The van der Waals surface area contributed by atoms with Crippen molar-refractivity contribution in [1.82, 2.24) is 4.90 Å². The average molecular weight is 693 g/mol. The number of alkyl halides is 2. The fraction of sp³-hybridized carbons (Fsp3) is 0.448. The number of amides is 2. The average Bonchev–Trinajstić information content (AvgIpc) is 3.47. The van der Waals surface area contributed by atoms with Crippen molar-refractivity contribution in [1.29, 1.82) is 0 Å². The van der Waals surface area contributed by atoms with Gasteiger partial charge < -0.3 is 19.7 Å². The number of anilines is 2. The minimum Gasteiger partial charge on any atom is -0.428 e. The van der Waals surface area contributed by atoms with Crippen molar-refractivity contribution in [2.45, 2.75) is 44.7 Å². The lowest BCUT2D eigenvalue weighted by Crippen LogP contribution is -2.54. The minimum atomic E-state index is -3.32. The second-order valence-corrected chi connectivity index (χ2v) is 13.8. The molecule has 2 saturated heterocycles. The molecule has 0 radical (unpaired) electrons. The smallest absolute Gasteiger partial charge is 0.315 e. The Kier molecular flexibility index (Phi) is 8.38. The quantitative estimate of drug-likeness (QED) is 0.296. The highest BCUT2D eigenvalue weighted by Crippen LogP contribution is 2.61. The van der Waals surface area contributed by atoms with Crippen LogP contribution in [-0.2, 0) is 34.2 Å². The highest BCUT2D eigenvalue weighted by molar-refractivity contribution is 6.38. The number of hydrogen-bond donors (Lipinski definition) is 1. The predicted octanol–water partition coefficient (Wildman–Crippen LogP) is 6.16. The minimum absolute atomic E-state index is 0.00641. The number of esters is 2. The highest BCUT2D eigenvalue weighted by Gasteiger charge is 2.75. The maximum absolute atomic E-state index is 15.2. The monoisotopic (exact) mass is 691 g/mol. The summed E-state index contributed by atoms with van der Waals surface area (Å²) in [6, 6.07) is 5.72. The molecule has 1 N–H and O–H groups in total. The summed E-state index contributed by atoms with van der Waals surface area (Å²) < 4.78 is 40.9. The van der Waals surface area contributed by atoms with Crippen LogP contribution in [0.25, 0.3) is 0 Å². The molecule has 2 aromatic rings. The Balaban J connectivity index is 1.66. The van der Waals surface area contributed by atoms with Crippen molar-refractivity contribution < 1.29 is 37.4 Å². The van der Waals surface area contributed by atoms with E-state index in [0.29, 0.717) is 0 Å². The van der Waals surface area contributed by atoms with E-state index in [4.69, 9.17) is 55.9 Å². The standard InChI is InChI=1S/C29H27Cl4F2N3O6/c1-27(2,3)26(42)44-12-43-24(40)21-20(23(39)37(4)16-6-13(30)5-14(31)7-16)19-10-28(34,35)11-38(19)29(21)17-8-15(32)9-18(33)22(17)36-25(29)41/h5-9,19-21H,10-12H2,1-4H3,(H,36,41)/t19-,20-,21+,29+/m1/s1. The van der Waals surface area contributed by atoms with Gasteiger partial charge in [-0.15, -0.1) is 0 Å². The SMILES string of the molecule is CN(C(=O)[C@@H]1[C@H]2CC(F)(F)CN2[C@]2(C(=O)Nc3c(Cl)cc(Cl)cc32)[C@@H]1C(=O)OCOC(=O)C(C)(C)C)c1cc(Cl)cc(Cl)c1. The van der Waals surface area contributed by atoms with Crippen molar-refractivity contribution >= 4 is 81.5 Å². The number of hydrogen-bond acceptors (Lipinski definition) is 7. The van der Waals surface area contributed by atoms with E-state index in [9.17, 15) is 19.2 Å². The van der Waals surface area contributed by atoms with Crippen LogP contribution in [0.5, 0.6) is 0 Å². The number of fused-ring (bicyclic) bond motifs is 4. The van der Waals surface area contributed by atoms with Gasteiger partial charge >= 0.3 is 11.9 Å². The number of ether oxygens (including phenoxy) is 2. The Bertz CT molecular complexity index is 1560. The molecule has 4 atom stereocenters. The van der Waals surface area contributed by atoms with Crippen LogP contribution in [0.15, 0.2) is 30.3 Å². The van der Waals surface area contributed by atoms with E-state index in [0.717, 1.165) is 9.80 Å². The summed E-state index contributed by atoms with van der Waals surface area (Å²) >= 11 is 25.0. The molecule has 0 aromatic heterocycles. The lowest BCUT2D eigenvalue weighted by molar-refractivity contribution is -0.179. The van der Waals surface area contributed by atoms with Gasteiger partial charge in [0.1, 0.15) is 11.5 Å². The Morgan fingerprint density at radius 2 is 1.64 bits per heavy atom. The molecule has 0 saturated carbocycles. The van der Waals surface area contributed by atoms with E-state index in [1.54, 1.807) is 20.8 Å². The topological polar surface area (TPSA) is 105 Å². The molecule has 9 nitrogen and oxygen atoms in total. The highest BCUT2D eigenvalue weighted by atomic mass is 35.5. The second-order valence-electron chi connectivity index (χ2n) is 12.1. The van der Waals surface area contributed by atoms with E-state index in [1.165, 1.54) is 37.4 Å². The van der Waals surface area contributed by atoms with Crippen LogP contribution >= 0.6 is 46.4 Å². The van der Waals surface area contributed by atoms with Gasteiger partial charge in [0.05, 0.1) is 28.6 Å². The van der Waals surface area contributed by atoms with Gasteiger partial charge in [-0.3, -0.25) is 24.1 Å². The zero-order valence-corrected chi connectivity index (χ0v) is 26.9. The van der Waals surface area contributed by atoms with Gasteiger partial charge in [-0.25, -0.2) is 8.78 Å². The van der Waals surface area contributed by atoms with Gasteiger partial charge in [0.15, 0.2) is 0 Å². The molecule has 1 spiro atoms. The van der Waals surface area contributed by atoms with Gasteiger partial charge in [0.2, 0.25) is 12.7 Å². The maximum Gasteiger partial charge on any atom is 0.315 e. The Morgan fingerprint density at radius 1 is 1.02 bits per heavy atom. The van der Waals surface area contributed by atoms with E-state index < -0.39 is 78.3 Å². The molecule has 3 aliphatic heterocycles. The Labute approximate surface area is 271 Å². The molecular formula is C29H27Cl4F2N3O6. The fourth-order valence-corrected chi connectivity index (χ4v) is 7.35. The largest absolute Gasteiger partial charge is 0.428 e. The van der Waals surface area contributed by atoms with Gasteiger partial charge in [0.25, 0.3) is 11.8 Å². The number of carbonyl (C=O) groups excluding carboxylic acids is 4. The van der Waals surface area contributed by atoms with Gasteiger partial charge in [-0.05, 0) is 51.1 Å². The summed E-state index contributed by atoms with van der Waals surface area (Å²) in [5, 5.41) is 3.09. The molecule has 2 amide bonds. The molecule has 0 aliphatic carbocycles. The first-order valence-corrected chi connectivity index (χ1v) is 14.9. The zero-order chi connectivity index (χ0) is 32.5. The molecule has 3 aliphatic rings. The van der Waals surface area contributed by atoms with Crippen LogP contribution in [0.3, 0.4) is 0 Å². The molecular weight excluding hydrogens is 666 g/mol. The number of benzene rings is 2. The Morgan fingerprint density at radius 3 is 2.25 bits per heavy atom. The summed E-state index contributed by atoms with van der Waals surface area (Å²) in [5.74, 6) is -10.0. The number of nitrogens with zero attached hydrogens (tertiary/aromatic N) is 2. The zero-order valence-electron chi connectivity index (χ0n) is 23.9. The van der Waals surface area contributed by atoms with E-state index >= 15 is 8.78 Å². The third-order valence-electron chi connectivity index (χ3n) is 8.14. The van der Waals surface area contributed by atoms with Crippen molar-refractivity contribution in [3.8, 4) is 0 Å². The molecule has 2 fully saturated rings. The summed E-state index contributed by atoms with van der Waals surface area (Å²) in [6.45, 7) is 2.99. The van der Waals surface area contributed by atoms with Gasteiger partial charge in [0, 0.05) is 45.8 Å². The lowest BCUT2D eigenvalue weighted by atomic mass is 9.73. The summed E-state index contributed by atoms with van der Waals surface area (Å²) in [5.41, 5.74) is -2.77. The maximum atomic E-state index is 15.2. The molecule has 44 heavy (non-hydrogen) atoms. The number of rotatable bonds is 5.